The fourth-order valence-electron chi connectivity index (χ4n) is 2.69. The van der Waals surface area contributed by atoms with Crippen LogP contribution in [0.15, 0.2) is 35.2 Å². The normalized spacial score (nSPS) is 28.8. The molecule has 3 amide bonds. The molecule has 0 radical (unpaired) electrons. The number of amides is 3. The second-order valence-corrected chi connectivity index (χ2v) is 7.02. The zero-order valence-corrected chi connectivity index (χ0v) is 12.9. The van der Waals surface area contributed by atoms with Crippen molar-refractivity contribution in [1.29, 1.82) is 0 Å². The summed E-state index contributed by atoms with van der Waals surface area (Å²) in [5.41, 5.74) is 0.866. The summed E-state index contributed by atoms with van der Waals surface area (Å²) in [5, 5.41) is 1.98. The molecule has 0 aromatic heterocycles. The van der Waals surface area contributed by atoms with Crippen LogP contribution in [0, 0.1) is 11.8 Å². The number of nitrogens with zero attached hydrogens (tertiary/aromatic N) is 2. The molecular weight excluding hydrogens is 320 g/mol. The monoisotopic (exact) mass is 330 g/mol. The van der Waals surface area contributed by atoms with Gasteiger partial charge in [-0.05, 0) is 30.3 Å². The lowest BCUT2D eigenvalue weighted by atomic mass is 10.2. The predicted molar refractivity (Wildman–Crippen MR) is 84.9 cm³/mol. The third kappa shape index (κ3) is 1.93. The van der Waals surface area contributed by atoms with E-state index in [-0.39, 0.29) is 28.0 Å². The van der Waals surface area contributed by atoms with E-state index in [9.17, 15) is 14.4 Å². The molecule has 2 saturated heterocycles. The van der Waals surface area contributed by atoms with Crippen molar-refractivity contribution in [1.82, 2.24) is 10.0 Å². The average molecular weight is 330 g/mol. The van der Waals surface area contributed by atoms with Crippen LogP contribution < -0.4 is 0 Å². The van der Waals surface area contributed by atoms with E-state index in [1.807, 2.05) is 30.3 Å². The van der Waals surface area contributed by atoms with Crippen LogP contribution in [0.25, 0.3) is 6.08 Å². The number of piperidine rings is 1. The molecule has 4 rings (SSSR count). The molecule has 2 atom stereocenters. The Hall–Kier alpha value is -1.99. The maximum atomic E-state index is 12.5. The molecule has 0 N–H and O–H groups in total. The van der Waals surface area contributed by atoms with E-state index >= 15 is 0 Å². The molecule has 3 fully saturated rings. The first-order valence-electron chi connectivity index (χ1n) is 6.78. The number of hydrogen-bond donors (Lipinski definition) is 0. The van der Waals surface area contributed by atoms with E-state index < -0.39 is 5.91 Å². The van der Waals surface area contributed by atoms with Gasteiger partial charge >= 0.3 is 0 Å². The van der Waals surface area contributed by atoms with Crippen molar-refractivity contribution >= 4 is 52.1 Å². The molecule has 2 heterocycles. The molecule has 7 heteroatoms. The third-order valence-corrected chi connectivity index (χ3v) is 5.20. The van der Waals surface area contributed by atoms with Crippen molar-refractivity contribution in [3.63, 3.8) is 0 Å². The van der Waals surface area contributed by atoms with Crippen LogP contribution in [0.2, 0.25) is 0 Å². The Morgan fingerprint density at radius 2 is 1.68 bits per heavy atom. The van der Waals surface area contributed by atoms with Crippen molar-refractivity contribution in [2.45, 2.75) is 6.42 Å². The highest BCUT2D eigenvalue weighted by atomic mass is 32.2. The van der Waals surface area contributed by atoms with Gasteiger partial charge in [0.15, 0.2) is 4.32 Å². The van der Waals surface area contributed by atoms with E-state index in [4.69, 9.17) is 12.2 Å². The van der Waals surface area contributed by atoms with Crippen molar-refractivity contribution in [2.75, 3.05) is 0 Å². The molecule has 1 aromatic carbocycles. The molecule has 0 bridgehead atoms. The fraction of sp³-hybridized carbons (Fsp3) is 0.200. The quantitative estimate of drug-likeness (QED) is 0.470. The molecule has 5 nitrogen and oxygen atoms in total. The van der Waals surface area contributed by atoms with Crippen LogP contribution in [0.1, 0.15) is 12.0 Å². The highest BCUT2D eigenvalue weighted by molar-refractivity contribution is 8.26. The molecule has 0 spiro atoms. The summed E-state index contributed by atoms with van der Waals surface area (Å²) in [7, 11) is 0. The Morgan fingerprint density at radius 1 is 1.05 bits per heavy atom. The van der Waals surface area contributed by atoms with Gasteiger partial charge in [-0.2, -0.15) is 10.0 Å². The molecule has 1 saturated carbocycles. The van der Waals surface area contributed by atoms with Gasteiger partial charge in [-0.1, -0.05) is 42.1 Å². The zero-order chi connectivity index (χ0) is 15.4. The van der Waals surface area contributed by atoms with Crippen molar-refractivity contribution in [2.24, 2.45) is 11.8 Å². The summed E-state index contributed by atoms with van der Waals surface area (Å²) in [6.07, 6.45) is 2.31. The van der Waals surface area contributed by atoms with E-state index in [0.717, 1.165) is 27.3 Å². The SMILES string of the molecule is O=C1C(=Cc2ccccc2)SC(=S)N1N1C(=O)C2CC2C1=O. The third-order valence-electron chi connectivity index (χ3n) is 3.91. The summed E-state index contributed by atoms with van der Waals surface area (Å²) >= 11 is 6.29. The zero-order valence-electron chi connectivity index (χ0n) is 11.3. The van der Waals surface area contributed by atoms with Crippen LogP contribution in [-0.2, 0) is 14.4 Å². The lowest BCUT2D eigenvalue weighted by molar-refractivity contribution is -0.160. The Morgan fingerprint density at radius 3 is 2.32 bits per heavy atom. The largest absolute Gasteiger partial charge is 0.285 e. The molecule has 3 aliphatic rings. The van der Waals surface area contributed by atoms with E-state index in [2.05, 4.69) is 0 Å². The molecule has 110 valence electrons. The number of fused-ring (bicyclic) bond motifs is 1. The Labute approximate surface area is 135 Å². The topological polar surface area (TPSA) is 57.7 Å². The van der Waals surface area contributed by atoms with Gasteiger partial charge in [0.05, 0.1) is 16.7 Å². The fourth-order valence-corrected chi connectivity index (χ4v) is 3.94. The van der Waals surface area contributed by atoms with Gasteiger partial charge < -0.3 is 0 Å². The lowest BCUT2D eigenvalue weighted by Crippen LogP contribution is -2.50. The number of imide groups is 1. The summed E-state index contributed by atoms with van der Waals surface area (Å²) in [5.74, 6) is -1.55. The first-order valence-corrected chi connectivity index (χ1v) is 8.01. The van der Waals surface area contributed by atoms with Gasteiger partial charge in [-0.3, -0.25) is 14.4 Å². The Balaban J connectivity index is 1.65. The Kier molecular flexibility index (Phi) is 2.95. The molecule has 1 aromatic rings. The van der Waals surface area contributed by atoms with E-state index in [1.54, 1.807) is 6.08 Å². The van der Waals surface area contributed by atoms with Crippen molar-refractivity contribution in [3.05, 3.63) is 40.8 Å². The highest BCUT2D eigenvalue weighted by Gasteiger charge is 2.62. The second-order valence-electron chi connectivity index (χ2n) is 5.34. The number of carbonyl (C=O) groups excluding carboxylic acids is 3. The minimum atomic E-state index is -0.415. The summed E-state index contributed by atoms with van der Waals surface area (Å²) in [6, 6.07) is 9.36. The highest BCUT2D eigenvalue weighted by Crippen LogP contribution is 2.49. The van der Waals surface area contributed by atoms with E-state index in [0.29, 0.717) is 11.3 Å². The maximum Gasteiger partial charge on any atom is 0.285 e. The number of rotatable bonds is 2. The maximum absolute atomic E-state index is 12.5. The molecular formula is C15H10N2O3S2. The standard InChI is InChI=1S/C15H10N2O3S2/c18-12-9-7-10(9)13(19)16(12)17-14(20)11(22-15(17)21)6-8-4-2-1-3-5-8/h1-6,9-10H,7H2. The summed E-state index contributed by atoms with van der Waals surface area (Å²) in [6.45, 7) is 0. The van der Waals surface area contributed by atoms with Crippen LogP contribution in [0.4, 0.5) is 0 Å². The molecule has 2 aliphatic heterocycles. The molecule has 1 aliphatic carbocycles. The van der Waals surface area contributed by atoms with Gasteiger partial charge in [0.25, 0.3) is 17.7 Å². The minimum Gasteiger partial charge on any atom is -0.272 e. The lowest BCUT2D eigenvalue weighted by Gasteiger charge is -2.25. The summed E-state index contributed by atoms with van der Waals surface area (Å²) in [4.78, 5) is 37.2. The smallest absolute Gasteiger partial charge is 0.272 e. The Bertz CT molecular complexity index is 739. The number of benzene rings is 1. The number of hydrogen-bond acceptors (Lipinski definition) is 5. The average Bonchev–Trinajstić information content (AvgIpc) is 3.21. The first-order chi connectivity index (χ1) is 10.6. The van der Waals surface area contributed by atoms with Gasteiger partial charge in [0, 0.05) is 0 Å². The van der Waals surface area contributed by atoms with E-state index in [1.165, 1.54) is 0 Å². The van der Waals surface area contributed by atoms with Crippen molar-refractivity contribution in [3.8, 4) is 0 Å². The predicted octanol–water partition coefficient (Wildman–Crippen LogP) is 1.81. The van der Waals surface area contributed by atoms with Gasteiger partial charge in [-0.25, -0.2) is 0 Å². The van der Waals surface area contributed by atoms with Crippen LogP contribution in [0.3, 0.4) is 0 Å². The number of thioether (sulfide) groups is 1. The molecule has 22 heavy (non-hydrogen) atoms. The van der Waals surface area contributed by atoms with Gasteiger partial charge in [0.2, 0.25) is 0 Å². The minimum absolute atomic E-state index is 0.218. The molecule has 2 unspecified atom stereocenters. The van der Waals surface area contributed by atoms with Gasteiger partial charge in [-0.15, -0.1) is 0 Å². The number of thiocarbonyl (C=S) groups is 1. The summed E-state index contributed by atoms with van der Waals surface area (Å²) < 4.78 is 0.218. The number of carbonyl (C=O) groups is 3. The first kappa shape index (κ1) is 13.7. The van der Waals surface area contributed by atoms with Gasteiger partial charge in [0.1, 0.15) is 0 Å². The van der Waals surface area contributed by atoms with Crippen LogP contribution >= 0.6 is 24.0 Å². The van der Waals surface area contributed by atoms with Crippen LogP contribution in [-0.4, -0.2) is 32.1 Å². The van der Waals surface area contributed by atoms with Crippen molar-refractivity contribution < 1.29 is 14.4 Å². The number of hydrazine groups is 1. The van der Waals surface area contributed by atoms with Crippen LogP contribution in [0.5, 0.6) is 0 Å². The second kappa shape index (κ2) is 4.76.